The van der Waals surface area contributed by atoms with Gasteiger partial charge in [0.1, 0.15) is 0 Å². The van der Waals surface area contributed by atoms with Gasteiger partial charge in [-0.25, -0.2) is 9.59 Å². The lowest BCUT2D eigenvalue weighted by Crippen LogP contribution is -2.36. The smallest absolute Gasteiger partial charge is 0.333 e. The Bertz CT molecular complexity index is 741. The second-order valence-corrected chi connectivity index (χ2v) is 10.8. The topological polar surface area (TPSA) is 93.1 Å². The Morgan fingerprint density at radius 2 is 1.45 bits per heavy atom. The molecule has 2 rings (SSSR count). The number of amides is 1. The molecule has 1 amide bonds. The van der Waals surface area contributed by atoms with Gasteiger partial charge in [0.15, 0.2) is 0 Å². The fourth-order valence-electron chi connectivity index (χ4n) is 4.51. The average Bonchev–Trinajstić information content (AvgIpc) is 3.15. The Kier molecular flexibility index (Phi) is 22.9. The predicted octanol–water partition coefficient (Wildman–Crippen LogP) is 7.93. The fraction of sp³-hybridized carbons (Fsp3) is 0.727. The van der Waals surface area contributed by atoms with Crippen LogP contribution >= 0.6 is 0 Å². The second kappa shape index (κ2) is 24.4. The van der Waals surface area contributed by atoms with E-state index in [1.54, 1.807) is 18.0 Å². The molecule has 1 heterocycles. The summed E-state index contributed by atoms with van der Waals surface area (Å²) in [6.07, 6.45) is 23.7. The van der Waals surface area contributed by atoms with E-state index in [1.165, 1.54) is 64.2 Å². The first-order valence-corrected chi connectivity index (χ1v) is 15.5. The molecule has 0 bridgehead atoms. The molecule has 1 saturated heterocycles. The van der Waals surface area contributed by atoms with Crippen molar-refractivity contribution in [2.45, 2.75) is 142 Å². The first-order chi connectivity index (χ1) is 19.2. The minimum Gasteiger partial charge on any atom is -0.462 e. The van der Waals surface area contributed by atoms with Crippen LogP contribution in [0.5, 0.6) is 0 Å². The normalized spacial score (nSPS) is 16.2. The number of carbonyl (C=O) groups is 3. The van der Waals surface area contributed by atoms with E-state index in [4.69, 9.17) is 9.47 Å². The van der Waals surface area contributed by atoms with Crippen LogP contribution in [0.4, 0.5) is 0 Å². The van der Waals surface area contributed by atoms with Crippen molar-refractivity contribution in [2.24, 2.45) is 0 Å². The van der Waals surface area contributed by atoms with Gasteiger partial charge in [-0.2, -0.15) is 0 Å². The lowest BCUT2D eigenvalue weighted by molar-refractivity contribution is -0.215. The van der Waals surface area contributed by atoms with Crippen LogP contribution in [0.3, 0.4) is 0 Å². The molecule has 1 saturated carbocycles. The number of likely N-dealkylation sites (tertiary alicyclic amines) is 1. The van der Waals surface area contributed by atoms with Gasteiger partial charge in [0.05, 0.1) is 6.61 Å². The Hall–Kier alpha value is -2.41. The molecular weight excluding hydrogens is 506 g/mol. The van der Waals surface area contributed by atoms with Gasteiger partial charge < -0.3 is 19.5 Å². The highest BCUT2D eigenvalue weighted by molar-refractivity contribution is 5.86. The van der Waals surface area contributed by atoms with Gasteiger partial charge in [-0.15, -0.1) is 0 Å². The van der Waals surface area contributed by atoms with Crippen LogP contribution in [-0.2, 0) is 23.9 Å². The number of rotatable bonds is 15. The van der Waals surface area contributed by atoms with Crippen LogP contribution in [-0.4, -0.2) is 46.8 Å². The molecule has 40 heavy (non-hydrogen) atoms. The summed E-state index contributed by atoms with van der Waals surface area (Å²) >= 11 is 0. The largest absolute Gasteiger partial charge is 0.462 e. The van der Waals surface area contributed by atoms with E-state index in [-0.39, 0.29) is 11.9 Å². The van der Waals surface area contributed by atoms with Crippen molar-refractivity contribution in [1.82, 2.24) is 4.90 Å². The van der Waals surface area contributed by atoms with Gasteiger partial charge in [-0.1, -0.05) is 97.3 Å². The number of nitrogens with zero attached hydrogens (tertiary/aromatic N) is 1. The average molecular weight is 564 g/mol. The van der Waals surface area contributed by atoms with Crippen molar-refractivity contribution in [3.63, 3.8) is 0 Å². The molecule has 0 aromatic heterocycles. The monoisotopic (exact) mass is 563 g/mol. The van der Waals surface area contributed by atoms with Gasteiger partial charge in [-0.3, -0.25) is 4.79 Å². The van der Waals surface area contributed by atoms with Crippen LogP contribution in [0.2, 0.25) is 0 Å². The molecule has 0 aromatic carbocycles. The third kappa shape index (κ3) is 20.5. The molecule has 2 fully saturated rings. The highest BCUT2D eigenvalue weighted by Crippen LogP contribution is 2.29. The number of hydrogen-bond acceptors (Lipinski definition) is 6. The summed E-state index contributed by atoms with van der Waals surface area (Å²) in [5.41, 5.74) is 0.488. The molecule has 0 spiro atoms. The van der Waals surface area contributed by atoms with Gasteiger partial charge in [-0.05, 0) is 45.2 Å². The number of unbranched alkanes of at least 4 members (excludes halogenated alkanes) is 9. The van der Waals surface area contributed by atoms with Gasteiger partial charge in [0, 0.05) is 37.5 Å². The van der Waals surface area contributed by atoms with Gasteiger partial charge in [0.2, 0.25) is 11.7 Å². The Labute approximate surface area is 244 Å². The summed E-state index contributed by atoms with van der Waals surface area (Å²) in [6.45, 7) is 15.7. The van der Waals surface area contributed by atoms with E-state index < -0.39 is 11.8 Å². The van der Waals surface area contributed by atoms with Crippen molar-refractivity contribution in [3.8, 4) is 0 Å². The standard InChI is InChI=1S/C16H30O2.C9H14O3.C8H13NO/c1-4-5-6-7-8-9-10-11-12-13-14-18-16(17)15(2)3;1-2-8(10)12-9(11)6-4-3-5-7-9;1-2-9-7-5-3-4-6-8(9)10/h2,4-14H2,1,3H3;2,11H,1,3-7H2;2H,1,3-7H2. The van der Waals surface area contributed by atoms with Gasteiger partial charge >= 0.3 is 11.9 Å². The summed E-state index contributed by atoms with van der Waals surface area (Å²) in [6, 6.07) is 0. The lowest BCUT2D eigenvalue weighted by Gasteiger charge is -2.30. The maximum atomic E-state index is 11.1. The minimum atomic E-state index is -1.22. The molecule has 7 nitrogen and oxygen atoms in total. The summed E-state index contributed by atoms with van der Waals surface area (Å²) in [5.74, 6) is -1.79. The molecule has 1 aliphatic carbocycles. The number of hydrogen-bond donors (Lipinski definition) is 1. The zero-order chi connectivity index (χ0) is 30.1. The van der Waals surface area contributed by atoms with E-state index >= 15 is 0 Å². The lowest BCUT2D eigenvalue weighted by atomic mass is 9.94. The zero-order valence-electron chi connectivity index (χ0n) is 25.6. The van der Waals surface area contributed by atoms with E-state index in [1.807, 2.05) is 0 Å². The third-order valence-corrected chi connectivity index (χ3v) is 7.00. The zero-order valence-corrected chi connectivity index (χ0v) is 25.6. The van der Waals surface area contributed by atoms with Crippen LogP contribution in [0.15, 0.2) is 37.6 Å². The first-order valence-electron chi connectivity index (χ1n) is 15.5. The quantitative estimate of drug-likeness (QED) is 0.0941. The van der Waals surface area contributed by atoms with E-state index in [0.29, 0.717) is 31.4 Å². The molecule has 7 heteroatoms. The van der Waals surface area contributed by atoms with Crippen LogP contribution in [0.1, 0.15) is 136 Å². The number of ether oxygens (including phenoxy) is 2. The van der Waals surface area contributed by atoms with E-state index in [9.17, 15) is 19.5 Å². The molecule has 0 radical (unpaired) electrons. The van der Waals surface area contributed by atoms with Crippen molar-refractivity contribution in [2.75, 3.05) is 13.2 Å². The predicted molar refractivity (Wildman–Crippen MR) is 162 cm³/mol. The molecule has 2 aliphatic rings. The Morgan fingerprint density at radius 1 is 0.900 bits per heavy atom. The number of esters is 2. The Balaban J connectivity index is 0.000000599. The molecule has 0 unspecified atom stereocenters. The molecule has 1 aliphatic heterocycles. The minimum absolute atomic E-state index is 0.229. The molecule has 0 aromatic rings. The first kappa shape index (κ1) is 37.6. The third-order valence-electron chi connectivity index (χ3n) is 7.00. The van der Waals surface area contributed by atoms with Crippen LogP contribution in [0, 0.1) is 0 Å². The summed E-state index contributed by atoms with van der Waals surface area (Å²) in [5, 5.41) is 9.68. The molecule has 0 atom stereocenters. The second-order valence-electron chi connectivity index (χ2n) is 10.8. The van der Waals surface area contributed by atoms with Crippen molar-refractivity contribution in [1.29, 1.82) is 0 Å². The van der Waals surface area contributed by atoms with Crippen molar-refractivity contribution >= 4 is 17.8 Å². The van der Waals surface area contributed by atoms with E-state index in [2.05, 4.69) is 26.7 Å². The molecule has 1 N–H and O–H groups in total. The maximum absolute atomic E-state index is 11.1. The summed E-state index contributed by atoms with van der Waals surface area (Å²) < 4.78 is 9.86. The van der Waals surface area contributed by atoms with Crippen molar-refractivity contribution < 1.29 is 29.0 Å². The van der Waals surface area contributed by atoms with Crippen molar-refractivity contribution in [3.05, 3.63) is 37.6 Å². The number of carbonyl (C=O) groups excluding carboxylic acids is 3. The molecular formula is C33H57NO6. The number of aliphatic hydroxyl groups is 1. The van der Waals surface area contributed by atoms with Crippen LogP contribution < -0.4 is 0 Å². The van der Waals surface area contributed by atoms with Crippen LogP contribution in [0.25, 0.3) is 0 Å². The SMILES string of the molecule is C=C(C)C(=O)OCCCCCCCCCCCC.C=CC(=O)OC1(O)CCCCC1.C=CN1CCCCCC1=O. The van der Waals surface area contributed by atoms with E-state index in [0.717, 1.165) is 51.1 Å². The highest BCUT2D eigenvalue weighted by Gasteiger charge is 2.32. The summed E-state index contributed by atoms with van der Waals surface area (Å²) in [7, 11) is 0. The highest BCUT2D eigenvalue weighted by atomic mass is 16.7. The van der Waals surface area contributed by atoms with Gasteiger partial charge in [0.25, 0.3) is 0 Å². The fourth-order valence-corrected chi connectivity index (χ4v) is 4.51. The molecule has 230 valence electrons. The summed E-state index contributed by atoms with van der Waals surface area (Å²) in [4.78, 5) is 34.7. The Morgan fingerprint density at radius 3 is 1.98 bits per heavy atom. The maximum Gasteiger partial charge on any atom is 0.333 e.